The molecule has 0 spiro atoms. The Balaban J connectivity index is 0.00000245. The van der Waals surface area contributed by atoms with E-state index in [9.17, 15) is 9.59 Å². The fourth-order valence-electron chi connectivity index (χ4n) is 5.26. The van der Waals surface area contributed by atoms with Crippen LogP contribution in [0.5, 0.6) is 11.5 Å². The molecule has 4 atom stereocenters. The summed E-state index contributed by atoms with van der Waals surface area (Å²) in [5.41, 5.74) is 0.989. The Morgan fingerprint density at radius 1 is 1.09 bits per heavy atom. The van der Waals surface area contributed by atoms with Crippen LogP contribution in [0.2, 0.25) is 0 Å². The molecule has 0 radical (unpaired) electrons. The van der Waals surface area contributed by atoms with Gasteiger partial charge in [0.1, 0.15) is 0 Å². The summed E-state index contributed by atoms with van der Waals surface area (Å²) >= 11 is 0. The Kier molecular flexibility index (Phi) is 6.92. The molecule has 2 heterocycles. The Labute approximate surface area is 204 Å². The van der Waals surface area contributed by atoms with Gasteiger partial charge in [-0.25, -0.2) is 0 Å². The van der Waals surface area contributed by atoms with Crippen LogP contribution in [0.25, 0.3) is 0 Å². The SMILES string of the molecule is CN=C(NCCN1C(=O)C2C3C=CC(C3)C2C1=O)NCc1cccc2c1OCCCO2.I. The number of nitrogens with one attached hydrogen (secondary N) is 2. The van der Waals surface area contributed by atoms with Gasteiger partial charge in [0.2, 0.25) is 11.8 Å². The molecule has 0 aromatic heterocycles. The molecule has 2 fully saturated rings. The number of nitrogens with zero attached hydrogens (tertiary/aromatic N) is 2. The summed E-state index contributed by atoms with van der Waals surface area (Å²) < 4.78 is 11.6. The van der Waals surface area contributed by atoms with Crippen LogP contribution in [0.3, 0.4) is 0 Å². The lowest BCUT2D eigenvalue weighted by Crippen LogP contribution is -2.43. The van der Waals surface area contributed by atoms with Gasteiger partial charge in [-0.05, 0) is 24.3 Å². The summed E-state index contributed by atoms with van der Waals surface area (Å²) in [6.07, 6.45) is 6.04. The minimum absolute atomic E-state index is 0. The van der Waals surface area contributed by atoms with E-state index in [0.29, 0.717) is 38.8 Å². The average Bonchev–Trinajstić information content (AvgIpc) is 3.39. The van der Waals surface area contributed by atoms with Crippen molar-refractivity contribution in [3.63, 3.8) is 0 Å². The molecule has 2 aliphatic heterocycles. The summed E-state index contributed by atoms with van der Waals surface area (Å²) in [4.78, 5) is 31.2. The molecule has 2 bridgehead atoms. The van der Waals surface area contributed by atoms with E-state index in [1.54, 1.807) is 7.05 Å². The van der Waals surface area contributed by atoms with Crippen molar-refractivity contribution in [2.75, 3.05) is 33.4 Å². The molecule has 5 rings (SSSR count). The average molecular weight is 552 g/mol. The number of halogens is 1. The molecule has 4 aliphatic rings. The quantitative estimate of drug-likeness (QED) is 0.191. The third kappa shape index (κ3) is 4.06. The first-order valence-electron chi connectivity index (χ1n) is 11.0. The summed E-state index contributed by atoms with van der Waals surface area (Å²) in [6.45, 7) is 2.61. The van der Waals surface area contributed by atoms with Crippen molar-refractivity contribution in [3.8, 4) is 11.5 Å². The number of hydrogen-bond acceptors (Lipinski definition) is 5. The fourth-order valence-corrected chi connectivity index (χ4v) is 5.26. The molecule has 32 heavy (non-hydrogen) atoms. The Morgan fingerprint density at radius 2 is 1.81 bits per heavy atom. The highest BCUT2D eigenvalue weighted by Gasteiger charge is 2.58. The first-order valence-corrected chi connectivity index (χ1v) is 11.0. The number of allylic oxidation sites excluding steroid dienone is 2. The van der Waals surface area contributed by atoms with Crippen LogP contribution < -0.4 is 20.1 Å². The zero-order chi connectivity index (χ0) is 21.4. The van der Waals surface area contributed by atoms with Crippen LogP contribution >= 0.6 is 24.0 Å². The Hall–Kier alpha value is -2.30. The van der Waals surface area contributed by atoms with E-state index < -0.39 is 0 Å². The van der Waals surface area contributed by atoms with Crippen molar-refractivity contribution >= 4 is 41.8 Å². The normalized spacial score (nSPS) is 27.8. The maximum atomic E-state index is 12.8. The van der Waals surface area contributed by atoms with Crippen LogP contribution in [-0.2, 0) is 16.1 Å². The molecule has 1 aromatic rings. The number of hydrogen-bond donors (Lipinski definition) is 2. The molecule has 172 valence electrons. The summed E-state index contributed by atoms with van der Waals surface area (Å²) in [5.74, 6) is 2.31. The van der Waals surface area contributed by atoms with Crippen molar-refractivity contribution < 1.29 is 19.1 Å². The zero-order valence-electron chi connectivity index (χ0n) is 18.1. The van der Waals surface area contributed by atoms with Gasteiger partial charge in [0.25, 0.3) is 0 Å². The van der Waals surface area contributed by atoms with Crippen molar-refractivity contribution in [2.45, 2.75) is 19.4 Å². The van der Waals surface area contributed by atoms with Crippen LogP contribution in [0.15, 0.2) is 35.3 Å². The number of carbonyl (C=O) groups is 2. The number of para-hydroxylation sites is 1. The van der Waals surface area contributed by atoms with E-state index in [1.165, 1.54) is 4.90 Å². The van der Waals surface area contributed by atoms with E-state index in [1.807, 2.05) is 18.2 Å². The molecular weight excluding hydrogens is 523 g/mol. The maximum Gasteiger partial charge on any atom is 0.233 e. The lowest BCUT2D eigenvalue weighted by Gasteiger charge is -2.19. The number of imide groups is 1. The van der Waals surface area contributed by atoms with Gasteiger partial charge >= 0.3 is 0 Å². The zero-order valence-corrected chi connectivity index (χ0v) is 20.4. The number of amides is 2. The van der Waals surface area contributed by atoms with E-state index >= 15 is 0 Å². The van der Waals surface area contributed by atoms with E-state index in [2.05, 4.69) is 27.8 Å². The molecule has 8 nitrogen and oxygen atoms in total. The summed E-state index contributed by atoms with van der Waals surface area (Å²) in [5, 5.41) is 6.48. The molecule has 2 aliphatic carbocycles. The second-order valence-electron chi connectivity index (χ2n) is 8.48. The second-order valence-corrected chi connectivity index (χ2v) is 8.48. The number of benzene rings is 1. The first kappa shape index (κ1) is 22.9. The van der Waals surface area contributed by atoms with Crippen LogP contribution in [0.4, 0.5) is 0 Å². The number of aliphatic imine (C=N–C) groups is 1. The Bertz CT molecular complexity index is 920. The molecule has 9 heteroatoms. The molecule has 1 saturated carbocycles. The minimum Gasteiger partial charge on any atom is -0.490 e. The highest BCUT2D eigenvalue weighted by atomic mass is 127. The van der Waals surface area contributed by atoms with Crippen LogP contribution in [0, 0.1) is 23.7 Å². The molecule has 1 saturated heterocycles. The van der Waals surface area contributed by atoms with Gasteiger partial charge in [-0.2, -0.15) is 0 Å². The lowest BCUT2D eigenvalue weighted by molar-refractivity contribution is -0.140. The van der Waals surface area contributed by atoms with Gasteiger partial charge in [-0.1, -0.05) is 24.3 Å². The monoisotopic (exact) mass is 552 g/mol. The second kappa shape index (κ2) is 9.68. The third-order valence-electron chi connectivity index (χ3n) is 6.71. The number of carbonyl (C=O) groups excluding carboxylic acids is 2. The van der Waals surface area contributed by atoms with Crippen LogP contribution in [0.1, 0.15) is 18.4 Å². The van der Waals surface area contributed by atoms with Crippen molar-refractivity contribution in [1.82, 2.24) is 15.5 Å². The third-order valence-corrected chi connectivity index (χ3v) is 6.71. The van der Waals surface area contributed by atoms with E-state index in [-0.39, 0.29) is 59.5 Å². The molecular formula is C23H29IN4O4. The number of rotatable bonds is 5. The van der Waals surface area contributed by atoms with Gasteiger partial charge < -0.3 is 20.1 Å². The van der Waals surface area contributed by atoms with Crippen molar-refractivity contribution in [3.05, 3.63) is 35.9 Å². The number of fused-ring (bicyclic) bond motifs is 6. The van der Waals surface area contributed by atoms with E-state index in [0.717, 1.165) is 29.9 Å². The Morgan fingerprint density at radius 3 is 2.53 bits per heavy atom. The summed E-state index contributed by atoms with van der Waals surface area (Å²) in [7, 11) is 1.69. The van der Waals surface area contributed by atoms with Gasteiger partial charge in [0, 0.05) is 38.7 Å². The first-order chi connectivity index (χ1) is 15.2. The van der Waals surface area contributed by atoms with Crippen molar-refractivity contribution in [1.29, 1.82) is 0 Å². The highest BCUT2D eigenvalue weighted by molar-refractivity contribution is 14.0. The van der Waals surface area contributed by atoms with Gasteiger partial charge in [-0.15, -0.1) is 24.0 Å². The number of likely N-dealkylation sites (tertiary alicyclic amines) is 1. The van der Waals surface area contributed by atoms with Gasteiger partial charge in [0.15, 0.2) is 17.5 Å². The van der Waals surface area contributed by atoms with Crippen LogP contribution in [-0.4, -0.2) is 56.0 Å². The fraction of sp³-hybridized carbons (Fsp3) is 0.522. The van der Waals surface area contributed by atoms with E-state index in [4.69, 9.17) is 9.47 Å². The topological polar surface area (TPSA) is 92.3 Å². The summed E-state index contributed by atoms with van der Waals surface area (Å²) in [6, 6.07) is 5.86. The number of guanidine groups is 1. The highest BCUT2D eigenvalue weighted by Crippen LogP contribution is 2.52. The smallest absolute Gasteiger partial charge is 0.233 e. The maximum absolute atomic E-state index is 12.8. The van der Waals surface area contributed by atoms with Crippen molar-refractivity contribution in [2.24, 2.45) is 28.7 Å². The predicted octanol–water partition coefficient (Wildman–Crippen LogP) is 1.94. The molecule has 1 aromatic carbocycles. The number of ether oxygens (including phenoxy) is 2. The molecule has 2 amide bonds. The van der Waals surface area contributed by atoms with Gasteiger partial charge in [0.05, 0.1) is 25.0 Å². The van der Waals surface area contributed by atoms with Gasteiger partial charge in [-0.3, -0.25) is 19.5 Å². The lowest BCUT2D eigenvalue weighted by atomic mass is 9.85. The molecule has 4 unspecified atom stereocenters. The largest absolute Gasteiger partial charge is 0.490 e. The standard InChI is InChI=1S/C23H28N4O4.HI/c1-24-23(26-13-16-4-2-5-17-20(16)31-11-3-10-30-17)25-8-9-27-21(28)18-14-6-7-15(12-14)19(18)22(27)29;/h2,4-7,14-15,18-19H,3,8-13H2,1H3,(H2,24,25,26);1H. The predicted molar refractivity (Wildman–Crippen MR) is 130 cm³/mol. The minimum atomic E-state index is -0.143. The molecule has 2 N–H and O–H groups in total.